The Morgan fingerprint density at radius 1 is 1.27 bits per heavy atom. The lowest BCUT2D eigenvalue weighted by atomic mass is 10.3. The Hall–Kier alpha value is 0.600. The fraction of sp³-hybridized carbons (Fsp3) is 0.889. The van der Waals surface area contributed by atoms with Crippen LogP contribution in [0.1, 0.15) is 34.6 Å². The minimum atomic E-state index is 0.257. The fourth-order valence-electron chi connectivity index (χ4n) is 0.914. The Morgan fingerprint density at radius 2 is 1.82 bits per heavy atom. The van der Waals surface area contributed by atoms with E-state index in [2.05, 4.69) is 40.4 Å². The van der Waals surface area contributed by atoms with E-state index in [0.29, 0.717) is 0 Å². The third-order valence-corrected chi connectivity index (χ3v) is 7.69. The van der Waals surface area contributed by atoms with E-state index in [1.54, 1.807) is 7.89 Å². The maximum atomic E-state index is 2.35. The van der Waals surface area contributed by atoms with Crippen LogP contribution in [0.4, 0.5) is 0 Å². The molecule has 11 heavy (non-hydrogen) atoms. The third-order valence-electron chi connectivity index (χ3n) is 1.41. The first kappa shape index (κ1) is 11.6. The summed E-state index contributed by atoms with van der Waals surface area (Å²) < 4.78 is 0. The summed E-state index contributed by atoms with van der Waals surface area (Å²) in [5.74, 6) is 3.17. The topological polar surface area (TPSA) is 0 Å². The van der Waals surface area contributed by atoms with Gasteiger partial charge in [0.2, 0.25) is 0 Å². The van der Waals surface area contributed by atoms with E-state index in [0.717, 1.165) is 11.6 Å². The van der Waals surface area contributed by atoms with Gasteiger partial charge in [0.1, 0.15) is 0 Å². The van der Waals surface area contributed by atoms with Crippen LogP contribution in [0.25, 0.3) is 0 Å². The first-order chi connectivity index (χ1) is 5.07. The van der Waals surface area contributed by atoms with Gasteiger partial charge in [-0.25, -0.2) is 0 Å². The Labute approximate surface area is 74.2 Å². The van der Waals surface area contributed by atoms with E-state index >= 15 is 0 Å². The molecule has 2 heteroatoms. The van der Waals surface area contributed by atoms with Gasteiger partial charge in [-0.3, -0.25) is 0 Å². The molecule has 0 bridgehead atoms. The van der Waals surface area contributed by atoms with E-state index in [4.69, 9.17) is 0 Å². The molecular formula is C9H20P2. The Balaban J connectivity index is 3.89. The quantitative estimate of drug-likeness (QED) is 0.582. The maximum absolute atomic E-state index is 2.35. The largest absolute Gasteiger partial charge is 0.0805 e. The van der Waals surface area contributed by atoms with E-state index in [9.17, 15) is 0 Å². The summed E-state index contributed by atoms with van der Waals surface area (Å²) in [4.78, 5) is 0. The summed E-state index contributed by atoms with van der Waals surface area (Å²) in [6, 6.07) is 0. The van der Waals surface area contributed by atoms with E-state index < -0.39 is 0 Å². The molecule has 0 aromatic carbocycles. The molecule has 0 heterocycles. The molecule has 66 valence electrons. The molecule has 1 atom stereocenters. The van der Waals surface area contributed by atoms with Crippen molar-refractivity contribution in [1.82, 2.24) is 0 Å². The summed E-state index contributed by atoms with van der Waals surface area (Å²) in [6.07, 6.45) is 1.43. The molecule has 0 amide bonds. The van der Waals surface area contributed by atoms with Crippen molar-refractivity contribution in [2.45, 2.75) is 40.3 Å². The molecular weight excluding hydrogens is 170 g/mol. The lowest BCUT2D eigenvalue weighted by Gasteiger charge is -2.18. The minimum Gasteiger partial charge on any atom is -0.0805 e. The third kappa shape index (κ3) is 5.83. The molecule has 0 rings (SSSR count). The molecule has 0 aromatic rings. The lowest BCUT2D eigenvalue weighted by Crippen LogP contribution is -1.98. The van der Waals surface area contributed by atoms with Gasteiger partial charge < -0.3 is 0 Å². The van der Waals surface area contributed by atoms with Crippen LogP contribution in [-0.4, -0.2) is 17.6 Å². The van der Waals surface area contributed by atoms with Crippen LogP contribution in [0.5, 0.6) is 0 Å². The molecule has 1 unspecified atom stereocenters. The van der Waals surface area contributed by atoms with Crippen molar-refractivity contribution in [3.8, 4) is 0 Å². The van der Waals surface area contributed by atoms with Gasteiger partial charge in [0.05, 0.1) is 0 Å². The van der Waals surface area contributed by atoms with Crippen molar-refractivity contribution in [3.05, 3.63) is 0 Å². The zero-order valence-corrected chi connectivity index (χ0v) is 10.1. The van der Waals surface area contributed by atoms with Gasteiger partial charge in [0.25, 0.3) is 0 Å². The fourth-order valence-corrected chi connectivity index (χ4v) is 5.69. The van der Waals surface area contributed by atoms with Crippen molar-refractivity contribution in [1.29, 1.82) is 0 Å². The van der Waals surface area contributed by atoms with Crippen LogP contribution in [0.3, 0.4) is 0 Å². The maximum Gasteiger partial charge on any atom is -0.0190 e. The average molecular weight is 190 g/mol. The van der Waals surface area contributed by atoms with Gasteiger partial charge in [0.15, 0.2) is 0 Å². The summed E-state index contributed by atoms with van der Waals surface area (Å²) in [5.41, 5.74) is 0.894. The van der Waals surface area contributed by atoms with Gasteiger partial charge in [0, 0.05) is 0 Å². The Kier molecular flexibility index (Phi) is 6.49. The van der Waals surface area contributed by atoms with Gasteiger partial charge in [-0.05, 0) is 24.7 Å². The predicted octanol–water partition coefficient (Wildman–Crippen LogP) is 4.22. The summed E-state index contributed by atoms with van der Waals surface area (Å²) in [5, 5.41) is 0. The van der Waals surface area contributed by atoms with Crippen LogP contribution in [0.15, 0.2) is 0 Å². The lowest BCUT2D eigenvalue weighted by molar-refractivity contribution is 0.744. The highest BCUT2D eigenvalue weighted by Gasteiger charge is 2.10. The summed E-state index contributed by atoms with van der Waals surface area (Å²) >= 11 is 0. The summed E-state index contributed by atoms with van der Waals surface area (Å²) in [7, 11) is 1.84. The van der Waals surface area contributed by atoms with Crippen molar-refractivity contribution >= 4 is 21.3 Å². The number of hydrogen-bond donors (Lipinski definition) is 0. The number of hydrogen-bond acceptors (Lipinski definition) is 0. The van der Waals surface area contributed by atoms with Crippen LogP contribution in [0.2, 0.25) is 0 Å². The van der Waals surface area contributed by atoms with Crippen LogP contribution < -0.4 is 0 Å². The highest BCUT2D eigenvalue weighted by atomic mass is 32.0. The van der Waals surface area contributed by atoms with Gasteiger partial charge in [-0.2, -0.15) is 0 Å². The van der Waals surface area contributed by atoms with Crippen molar-refractivity contribution in [2.24, 2.45) is 5.92 Å². The molecule has 0 nitrogen and oxygen atoms in total. The van der Waals surface area contributed by atoms with Gasteiger partial charge in [-0.1, -0.05) is 49.0 Å². The molecule has 0 aromatic heterocycles. The van der Waals surface area contributed by atoms with E-state index in [1.807, 2.05) is 0 Å². The molecule has 0 radical (unpaired) electrons. The molecule has 0 N–H and O–H groups in total. The zero-order chi connectivity index (χ0) is 8.85. The molecule has 0 saturated carbocycles. The Bertz CT molecular complexity index is 117. The standard InChI is InChI=1S/C9H20P2/c1-6-10-11(9(4)5)7-8(2)3/h6,8-9H,7H2,1-5H3. The highest BCUT2D eigenvalue weighted by Crippen LogP contribution is 2.54. The first-order valence-electron chi connectivity index (χ1n) is 4.33. The second kappa shape index (κ2) is 6.15. The highest BCUT2D eigenvalue weighted by molar-refractivity contribution is 8.20. The molecule has 0 aliphatic heterocycles. The smallest absolute Gasteiger partial charge is 0.0190 e. The molecule has 0 saturated heterocycles. The van der Waals surface area contributed by atoms with Crippen molar-refractivity contribution in [2.75, 3.05) is 6.16 Å². The van der Waals surface area contributed by atoms with Crippen LogP contribution in [-0.2, 0) is 0 Å². The van der Waals surface area contributed by atoms with Crippen molar-refractivity contribution < 1.29 is 0 Å². The van der Waals surface area contributed by atoms with Gasteiger partial charge in [-0.15, -0.1) is 0 Å². The van der Waals surface area contributed by atoms with Crippen molar-refractivity contribution in [3.63, 3.8) is 0 Å². The van der Waals surface area contributed by atoms with E-state index in [1.165, 1.54) is 6.16 Å². The molecule has 0 aliphatic carbocycles. The normalized spacial score (nSPS) is 15.2. The van der Waals surface area contributed by atoms with Crippen LogP contribution in [0, 0.1) is 5.92 Å². The second-order valence-corrected chi connectivity index (χ2v) is 8.74. The number of rotatable bonds is 4. The molecule has 0 aliphatic rings. The SMILES string of the molecule is C/C=P\P(CC(C)C)C(C)C. The summed E-state index contributed by atoms with van der Waals surface area (Å²) in [6.45, 7) is 11.5. The monoisotopic (exact) mass is 190 g/mol. The first-order valence-corrected chi connectivity index (χ1v) is 7.59. The van der Waals surface area contributed by atoms with E-state index in [-0.39, 0.29) is 7.61 Å². The second-order valence-electron chi connectivity index (χ2n) is 3.48. The minimum absolute atomic E-state index is 0.257. The van der Waals surface area contributed by atoms with Crippen LogP contribution >= 0.6 is 15.5 Å². The van der Waals surface area contributed by atoms with Gasteiger partial charge >= 0.3 is 0 Å². The zero-order valence-electron chi connectivity index (χ0n) is 8.33. The predicted molar refractivity (Wildman–Crippen MR) is 60.4 cm³/mol. The molecule has 0 fully saturated rings. The Morgan fingerprint density at radius 3 is 2.09 bits per heavy atom. The average Bonchev–Trinajstić information content (AvgIpc) is 1.86. The molecule has 0 spiro atoms.